The van der Waals surface area contributed by atoms with Crippen LogP contribution in [0.4, 0.5) is 0 Å². The average Bonchev–Trinajstić information content (AvgIpc) is 3.07. The smallest absolute Gasteiger partial charge is 0.328 e. The highest BCUT2D eigenvalue weighted by Gasteiger charge is 2.31. The predicted molar refractivity (Wildman–Crippen MR) is 194 cm³/mol. The number of rotatable bonds is 25. The first-order valence-electron chi connectivity index (χ1n) is 16.4. The number of aliphatic imine (C=N–C) groups is 2. The van der Waals surface area contributed by atoms with E-state index in [0.29, 0.717) is 12.2 Å². The van der Waals surface area contributed by atoms with Crippen molar-refractivity contribution >= 4 is 65.1 Å². The second kappa shape index (κ2) is 25.1. The Bertz CT molecular complexity index is 1280. The number of aliphatic hydroxyl groups excluding tert-OH is 1. The summed E-state index contributed by atoms with van der Waals surface area (Å²) in [6.45, 7) is 3.30. The second-order valence-corrected chi connectivity index (χ2v) is 12.7. The lowest BCUT2D eigenvalue weighted by molar-refractivity contribution is -0.143. The molecular formula is C29H55N13O9S. The summed E-state index contributed by atoms with van der Waals surface area (Å²) in [5.74, 6) is -5.81. The molecule has 0 aromatic heterocycles. The molecule has 6 amide bonds. The first-order valence-corrected chi connectivity index (χ1v) is 17.7. The van der Waals surface area contributed by atoms with Crippen molar-refractivity contribution < 1.29 is 43.8 Å². The van der Waals surface area contributed by atoms with Crippen LogP contribution in [0.5, 0.6) is 0 Å². The number of hydrogen-bond acceptors (Lipinski definition) is 12. The predicted octanol–water partition coefficient (Wildman–Crippen LogP) is -5.78. The molecule has 23 heteroatoms. The maximum atomic E-state index is 13.6. The van der Waals surface area contributed by atoms with Crippen LogP contribution in [-0.4, -0.2) is 138 Å². The molecule has 7 atom stereocenters. The summed E-state index contributed by atoms with van der Waals surface area (Å²) >= 11 is 1.51. The number of carboxylic acid groups (broad SMARTS) is 1. The molecule has 0 aromatic carbocycles. The van der Waals surface area contributed by atoms with Gasteiger partial charge in [0.05, 0.1) is 12.6 Å². The molecule has 0 heterocycles. The topological polar surface area (TPSA) is 387 Å². The van der Waals surface area contributed by atoms with Gasteiger partial charge in [0.15, 0.2) is 11.9 Å². The van der Waals surface area contributed by atoms with Crippen LogP contribution in [0.1, 0.15) is 52.9 Å². The highest BCUT2D eigenvalue weighted by atomic mass is 32.2. The number of carbonyl (C=O) groups excluding carboxylic acids is 6. The average molecular weight is 762 g/mol. The van der Waals surface area contributed by atoms with E-state index in [1.54, 1.807) is 0 Å². The lowest BCUT2D eigenvalue weighted by Crippen LogP contribution is -2.59. The van der Waals surface area contributed by atoms with Gasteiger partial charge in [-0.3, -0.25) is 38.8 Å². The molecule has 0 unspecified atom stereocenters. The van der Waals surface area contributed by atoms with Gasteiger partial charge in [-0.2, -0.15) is 11.8 Å². The first-order chi connectivity index (χ1) is 24.3. The van der Waals surface area contributed by atoms with Crippen LogP contribution in [0.25, 0.3) is 0 Å². The highest BCUT2D eigenvalue weighted by molar-refractivity contribution is 7.98. The standard InChI is InChI=1S/C29H55N13O9S/c1-14(21(44)37-15(2)23(46)42-20(13-43)27(50)51)39-25(48)18(7-5-10-35-28(31)32)41-26(49)19(8-6-11-36-29(33)34)40-22(45)16(3)38-24(47)17(30)9-12-52-4/h14-20,43H,5-13,30H2,1-4H3,(H,37,44)(H,38,47)(H,39,48)(H,40,45)(H,41,49)(H,42,46)(H,50,51)(H4,31,32,35)(H4,33,34,36)/t14-,15-,16-,17-,18-,19-,20-/m0/s1. The molecule has 52 heavy (non-hydrogen) atoms. The number of nitrogens with two attached hydrogens (primary N) is 5. The Balaban J connectivity index is 5.91. The first kappa shape index (κ1) is 47.1. The summed E-state index contributed by atoms with van der Waals surface area (Å²) in [4.78, 5) is 96.5. The Kier molecular flexibility index (Phi) is 22.8. The van der Waals surface area contributed by atoms with Crippen LogP contribution >= 0.6 is 11.8 Å². The van der Waals surface area contributed by atoms with Gasteiger partial charge in [-0.1, -0.05) is 0 Å². The SMILES string of the molecule is CSCC[C@H](N)C(=O)N[C@@H](C)C(=O)N[C@@H](CCCN=C(N)N)C(=O)N[C@@H](CCCN=C(N)N)C(=O)N[C@@H](C)C(=O)N[C@@H](C)C(=O)N[C@@H](CO)C(=O)O. The largest absolute Gasteiger partial charge is 0.480 e. The Morgan fingerprint density at radius 3 is 1.37 bits per heavy atom. The van der Waals surface area contributed by atoms with Gasteiger partial charge >= 0.3 is 5.97 Å². The van der Waals surface area contributed by atoms with E-state index in [4.69, 9.17) is 38.9 Å². The van der Waals surface area contributed by atoms with Gasteiger partial charge in [0.1, 0.15) is 36.3 Å². The van der Waals surface area contributed by atoms with E-state index in [1.807, 2.05) is 6.26 Å². The molecule has 0 spiro atoms. The number of carbonyl (C=O) groups is 7. The third-order valence-corrected chi connectivity index (χ3v) is 7.82. The quantitative estimate of drug-likeness (QED) is 0.0234. The van der Waals surface area contributed by atoms with Crippen LogP contribution in [-0.2, 0) is 33.6 Å². The van der Waals surface area contributed by atoms with Crippen molar-refractivity contribution in [2.75, 3.05) is 31.7 Å². The summed E-state index contributed by atoms with van der Waals surface area (Å²) in [6, 6.07) is -8.54. The lowest BCUT2D eigenvalue weighted by atomic mass is 10.1. The van der Waals surface area contributed by atoms with E-state index in [1.165, 1.54) is 32.5 Å². The number of guanidine groups is 2. The summed E-state index contributed by atoms with van der Waals surface area (Å²) in [7, 11) is 0. The Morgan fingerprint density at radius 1 is 0.596 bits per heavy atom. The molecule has 0 rings (SSSR count). The number of carboxylic acids is 1. The number of amides is 6. The van der Waals surface area contributed by atoms with E-state index in [-0.39, 0.29) is 50.7 Å². The molecule has 0 saturated heterocycles. The number of hydrogen-bond donors (Lipinski definition) is 13. The van der Waals surface area contributed by atoms with Gasteiger partial charge in [0, 0.05) is 13.1 Å². The van der Waals surface area contributed by atoms with Crippen LogP contribution in [0, 0.1) is 0 Å². The fourth-order valence-electron chi connectivity index (χ4n) is 4.14. The fraction of sp³-hybridized carbons (Fsp3) is 0.690. The molecule has 18 N–H and O–H groups in total. The zero-order valence-electron chi connectivity index (χ0n) is 29.8. The van der Waals surface area contributed by atoms with Crippen molar-refractivity contribution in [3.05, 3.63) is 0 Å². The Hall–Kier alpha value is -4.90. The number of aliphatic hydroxyl groups is 1. The van der Waals surface area contributed by atoms with Gasteiger partial charge in [0.25, 0.3) is 0 Å². The van der Waals surface area contributed by atoms with Crippen molar-refractivity contribution in [1.82, 2.24) is 31.9 Å². The summed E-state index contributed by atoms with van der Waals surface area (Å²) in [5, 5.41) is 32.7. The number of aliphatic carboxylic acids is 1. The van der Waals surface area contributed by atoms with Crippen molar-refractivity contribution in [1.29, 1.82) is 0 Å². The summed E-state index contributed by atoms with van der Waals surface area (Å²) in [5.41, 5.74) is 27.4. The van der Waals surface area contributed by atoms with Crippen molar-refractivity contribution in [2.45, 2.75) is 95.2 Å². The number of nitrogens with zero attached hydrogens (tertiary/aromatic N) is 2. The van der Waals surface area contributed by atoms with Crippen LogP contribution in [0.3, 0.4) is 0 Å². The zero-order valence-corrected chi connectivity index (χ0v) is 30.7. The zero-order chi connectivity index (χ0) is 40.0. The fourth-order valence-corrected chi connectivity index (χ4v) is 4.63. The molecule has 0 aliphatic rings. The normalized spacial score (nSPS) is 14.7. The molecule has 0 aromatic rings. The van der Waals surface area contributed by atoms with Crippen LogP contribution in [0.15, 0.2) is 9.98 Å². The van der Waals surface area contributed by atoms with E-state index in [2.05, 4.69) is 41.9 Å². The molecule has 296 valence electrons. The van der Waals surface area contributed by atoms with E-state index >= 15 is 0 Å². The summed E-state index contributed by atoms with van der Waals surface area (Å²) < 4.78 is 0. The van der Waals surface area contributed by atoms with Crippen LogP contribution < -0.4 is 60.6 Å². The molecule has 0 radical (unpaired) electrons. The molecular weight excluding hydrogens is 706 g/mol. The monoisotopic (exact) mass is 761 g/mol. The van der Waals surface area contributed by atoms with Crippen molar-refractivity contribution in [3.63, 3.8) is 0 Å². The van der Waals surface area contributed by atoms with E-state index in [0.717, 1.165) is 0 Å². The third kappa shape index (κ3) is 19.5. The molecule has 0 saturated carbocycles. The third-order valence-electron chi connectivity index (χ3n) is 7.18. The van der Waals surface area contributed by atoms with Crippen molar-refractivity contribution in [3.8, 4) is 0 Å². The van der Waals surface area contributed by atoms with E-state index in [9.17, 15) is 33.6 Å². The lowest BCUT2D eigenvalue weighted by Gasteiger charge is -2.26. The van der Waals surface area contributed by atoms with Gasteiger partial charge < -0.3 is 70.8 Å². The van der Waals surface area contributed by atoms with Gasteiger partial charge in [-0.25, -0.2) is 4.79 Å². The minimum absolute atomic E-state index is 0.0162. The minimum atomic E-state index is -1.59. The Labute approximate surface area is 306 Å². The summed E-state index contributed by atoms with van der Waals surface area (Å²) in [6.07, 6.45) is 2.67. The number of nitrogens with one attached hydrogen (secondary N) is 6. The van der Waals surface area contributed by atoms with Gasteiger partial charge in [0.2, 0.25) is 35.4 Å². The molecule has 22 nitrogen and oxygen atoms in total. The molecule has 0 bridgehead atoms. The molecule has 0 fully saturated rings. The maximum Gasteiger partial charge on any atom is 0.328 e. The van der Waals surface area contributed by atoms with Gasteiger partial charge in [-0.05, 0) is 64.9 Å². The number of thioether (sulfide) groups is 1. The second-order valence-electron chi connectivity index (χ2n) is 11.7. The van der Waals surface area contributed by atoms with Crippen molar-refractivity contribution in [2.24, 2.45) is 38.7 Å². The Morgan fingerprint density at radius 2 is 0.962 bits per heavy atom. The minimum Gasteiger partial charge on any atom is -0.480 e. The molecule has 0 aliphatic heterocycles. The van der Waals surface area contributed by atoms with Crippen LogP contribution in [0.2, 0.25) is 0 Å². The highest BCUT2D eigenvalue weighted by Crippen LogP contribution is 2.06. The molecule has 0 aliphatic carbocycles. The van der Waals surface area contributed by atoms with E-state index < -0.39 is 90.3 Å². The van der Waals surface area contributed by atoms with Gasteiger partial charge in [-0.15, -0.1) is 0 Å². The maximum absolute atomic E-state index is 13.6.